The summed E-state index contributed by atoms with van der Waals surface area (Å²) in [5.41, 5.74) is 0.623. The van der Waals surface area contributed by atoms with E-state index in [4.69, 9.17) is 0 Å². The van der Waals surface area contributed by atoms with Crippen molar-refractivity contribution in [1.82, 2.24) is 15.1 Å². The fourth-order valence-electron chi connectivity index (χ4n) is 2.89. The standard InChI is InChI=1S/C13H23N5O2/c1-8(2)17-13(12(18(19)20)11(5)15-17)16-6-9(3)14-10(4)7-16/h8-10,14H,6-7H2,1-5H3. The molecule has 7 nitrogen and oxygen atoms in total. The number of nitrogens with one attached hydrogen (secondary N) is 1. The molecule has 2 unspecified atom stereocenters. The van der Waals surface area contributed by atoms with E-state index in [2.05, 4.69) is 29.2 Å². The third kappa shape index (κ3) is 2.63. The minimum atomic E-state index is -0.312. The van der Waals surface area contributed by atoms with E-state index in [9.17, 15) is 10.1 Å². The summed E-state index contributed by atoms with van der Waals surface area (Å²) < 4.78 is 1.78. The highest BCUT2D eigenvalue weighted by atomic mass is 16.6. The molecule has 0 aromatic carbocycles. The Bertz CT molecular complexity index is 501. The maximum atomic E-state index is 11.4. The zero-order chi connectivity index (χ0) is 15.0. The molecular weight excluding hydrogens is 258 g/mol. The molecule has 0 aliphatic carbocycles. The van der Waals surface area contributed by atoms with Crippen LogP contribution in [0.1, 0.15) is 39.4 Å². The van der Waals surface area contributed by atoms with Crippen LogP contribution in [0.4, 0.5) is 11.5 Å². The molecule has 2 heterocycles. The Morgan fingerprint density at radius 3 is 2.35 bits per heavy atom. The van der Waals surface area contributed by atoms with Gasteiger partial charge in [0.05, 0.1) is 4.92 Å². The summed E-state index contributed by atoms with van der Waals surface area (Å²) in [5, 5.41) is 19.2. The first-order valence-corrected chi connectivity index (χ1v) is 7.05. The van der Waals surface area contributed by atoms with Gasteiger partial charge in [0, 0.05) is 31.2 Å². The minimum Gasteiger partial charge on any atom is -0.348 e. The Labute approximate surface area is 119 Å². The number of hydrogen-bond acceptors (Lipinski definition) is 5. The van der Waals surface area contributed by atoms with Crippen LogP contribution in [-0.4, -0.2) is 39.9 Å². The van der Waals surface area contributed by atoms with Gasteiger partial charge in [0.15, 0.2) is 0 Å². The van der Waals surface area contributed by atoms with Crippen LogP contribution >= 0.6 is 0 Å². The van der Waals surface area contributed by atoms with Crippen LogP contribution in [0.25, 0.3) is 0 Å². The number of anilines is 1. The predicted molar refractivity (Wildman–Crippen MR) is 78.3 cm³/mol. The average molecular weight is 281 g/mol. The van der Waals surface area contributed by atoms with Crippen molar-refractivity contribution in [2.75, 3.05) is 18.0 Å². The maximum Gasteiger partial charge on any atom is 0.333 e. The lowest BCUT2D eigenvalue weighted by molar-refractivity contribution is -0.384. The van der Waals surface area contributed by atoms with Gasteiger partial charge in [0.2, 0.25) is 5.82 Å². The molecule has 0 saturated carbocycles. The molecule has 7 heteroatoms. The van der Waals surface area contributed by atoms with Crippen molar-refractivity contribution >= 4 is 11.5 Å². The smallest absolute Gasteiger partial charge is 0.333 e. The van der Waals surface area contributed by atoms with Gasteiger partial charge in [-0.15, -0.1) is 0 Å². The Morgan fingerprint density at radius 1 is 1.35 bits per heavy atom. The van der Waals surface area contributed by atoms with Crippen molar-refractivity contribution in [3.8, 4) is 0 Å². The van der Waals surface area contributed by atoms with Crippen LogP contribution in [-0.2, 0) is 0 Å². The number of aromatic nitrogens is 2. The molecule has 1 fully saturated rings. The van der Waals surface area contributed by atoms with E-state index in [1.807, 2.05) is 13.8 Å². The first-order valence-electron chi connectivity index (χ1n) is 7.05. The van der Waals surface area contributed by atoms with E-state index in [0.29, 0.717) is 23.6 Å². The van der Waals surface area contributed by atoms with Gasteiger partial charge in [0.1, 0.15) is 5.69 Å². The lowest BCUT2D eigenvalue weighted by atomic mass is 10.1. The molecule has 0 spiro atoms. The predicted octanol–water partition coefficient (Wildman–Crippen LogP) is 1.87. The summed E-state index contributed by atoms with van der Waals surface area (Å²) in [7, 11) is 0. The summed E-state index contributed by atoms with van der Waals surface area (Å²) in [6.07, 6.45) is 0. The molecule has 1 aliphatic rings. The Balaban J connectivity index is 2.50. The minimum absolute atomic E-state index is 0.0953. The fourth-order valence-corrected chi connectivity index (χ4v) is 2.89. The molecule has 1 aliphatic heterocycles. The van der Waals surface area contributed by atoms with Crippen LogP contribution in [0, 0.1) is 17.0 Å². The maximum absolute atomic E-state index is 11.4. The molecule has 1 aromatic rings. The Morgan fingerprint density at radius 2 is 1.90 bits per heavy atom. The molecule has 0 bridgehead atoms. The zero-order valence-electron chi connectivity index (χ0n) is 12.8. The second-order valence-corrected chi connectivity index (χ2v) is 5.93. The number of piperazine rings is 1. The van der Waals surface area contributed by atoms with Crippen molar-refractivity contribution < 1.29 is 4.92 Å². The van der Waals surface area contributed by atoms with Gasteiger partial charge in [-0.25, -0.2) is 4.68 Å². The van der Waals surface area contributed by atoms with Gasteiger partial charge >= 0.3 is 5.69 Å². The van der Waals surface area contributed by atoms with E-state index >= 15 is 0 Å². The van der Waals surface area contributed by atoms with Crippen molar-refractivity contribution in [1.29, 1.82) is 0 Å². The molecule has 1 saturated heterocycles. The van der Waals surface area contributed by atoms with Crippen molar-refractivity contribution in [2.45, 2.75) is 52.7 Å². The molecule has 0 radical (unpaired) electrons. The second kappa shape index (κ2) is 5.40. The van der Waals surface area contributed by atoms with Gasteiger partial charge in [-0.3, -0.25) is 10.1 Å². The van der Waals surface area contributed by atoms with E-state index in [0.717, 1.165) is 13.1 Å². The molecule has 1 N–H and O–H groups in total. The average Bonchev–Trinajstić information content (AvgIpc) is 2.65. The largest absolute Gasteiger partial charge is 0.348 e. The van der Waals surface area contributed by atoms with Crippen LogP contribution in [0.15, 0.2) is 0 Å². The molecule has 20 heavy (non-hydrogen) atoms. The van der Waals surface area contributed by atoms with Gasteiger partial charge in [-0.2, -0.15) is 5.10 Å². The van der Waals surface area contributed by atoms with Crippen LogP contribution in [0.3, 0.4) is 0 Å². The first-order chi connectivity index (χ1) is 9.31. The lowest BCUT2D eigenvalue weighted by Crippen LogP contribution is -2.55. The molecule has 0 amide bonds. The van der Waals surface area contributed by atoms with E-state index < -0.39 is 0 Å². The normalized spacial score (nSPS) is 23.4. The van der Waals surface area contributed by atoms with Crippen LogP contribution in [0.5, 0.6) is 0 Å². The van der Waals surface area contributed by atoms with Crippen LogP contribution < -0.4 is 10.2 Å². The van der Waals surface area contributed by atoms with Gasteiger partial charge < -0.3 is 10.2 Å². The number of hydrogen-bond donors (Lipinski definition) is 1. The number of nitrogens with zero attached hydrogens (tertiary/aromatic N) is 4. The lowest BCUT2D eigenvalue weighted by Gasteiger charge is -2.37. The highest BCUT2D eigenvalue weighted by Crippen LogP contribution is 2.34. The van der Waals surface area contributed by atoms with Gasteiger partial charge in [0.25, 0.3) is 0 Å². The second-order valence-electron chi connectivity index (χ2n) is 5.93. The Kier molecular flexibility index (Phi) is 3.99. The van der Waals surface area contributed by atoms with E-state index in [1.165, 1.54) is 0 Å². The van der Waals surface area contributed by atoms with E-state index in [-0.39, 0.29) is 16.7 Å². The van der Waals surface area contributed by atoms with Gasteiger partial charge in [-0.05, 0) is 34.6 Å². The SMILES string of the molecule is Cc1nn(C(C)C)c(N2CC(C)NC(C)C2)c1[N+](=O)[O-]. The number of nitro groups is 1. The van der Waals surface area contributed by atoms with Crippen LogP contribution in [0.2, 0.25) is 0 Å². The van der Waals surface area contributed by atoms with Gasteiger partial charge in [-0.1, -0.05) is 0 Å². The van der Waals surface area contributed by atoms with Crippen molar-refractivity contribution in [3.63, 3.8) is 0 Å². The summed E-state index contributed by atoms with van der Waals surface area (Å²) in [5.74, 6) is 0.641. The van der Waals surface area contributed by atoms with E-state index in [1.54, 1.807) is 11.6 Å². The third-order valence-electron chi connectivity index (χ3n) is 3.56. The summed E-state index contributed by atoms with van der Waals surface area (Å²) in [4.78, 5) is 13.2. The van der Waals surface area contributed by atoms with Crippen molar-refractivity contribution in [3.05, 3.63) is 15.8 Å². The summed E-state index contributed by atoms with van der Waals surface area (Å²) in [6, 6.07) is 0.696. The summed E-state index contributed by atoms with van der Waals surface area (Å²) >= 11 is 0. The molecule has 2 rings (SSSR count). The topological polar surface area (TPSA) is 76.2 Å². The zero-order valence-corrected chi connectivity index (χ0v) is 12.8. The Hall–Kier alpha value is -1.63. The number of aryl methyl sites for hydroxylation is 1. The fraction of sp³-hybridized carbons (Fsp3) is 0.769. The first kappa shape index (κ1) is 14.8. The summed E-state index contributed by atoms with van der Waals surface area (Å²) in [6.45, 7) is 11.4. The molecular formula is C13H23N5O2. The quantitative estimate of drug-likeness (QED) is 0.676. The number of rotatable bonds is 3. The highest BCUT2D eigenvalue weighted by molar-refractivity contribution is 5.62. The monoisotopic (exact) mass is 281 g/mol. The molecule has 2 atom stereocenters. The highest BCUT2D eigenvalue weighted by Gasteiger charge is 2.33. The third-order valence-corrected chi connectivity index (χ3v) is 3.56. The molecule has 1 aromatic heterocycles. The van der Waals surface area contributed by atoms with Crippen molar-refractivity contribution in [2.24, 2.45) is 0 Å². The molecule has 112 valence electrons.